The number of carbonyl (C=O) groups excluding carboxylic acids is 1. The molecule has 0 saturated carbocycles. The molecule has 9 heteroatoms. The average molecular weight is 404 g/mol. The predicted molar refractivity (Wildman–Crippen MR) is 101 cm³/mol. The third-order valence-electron chi connectivity index (χ3n) is 4.18. The summed E-state index contributed by atoms with van der Waals surface area (Å²) in [7, 11) is 0. The second kappa shape index (κ2) is 8.34. The zero-order chi connectivity index (χ0) is 21.0. The zero-order valence-electron chi connectivity index (χ0n) is 15.8. The SMILES string of the molecule is CCNC(=O)c1ccc(C)c(NCc2nc(-c3cccc(C(F)(F)F)c3)no2)c1. The van der Waals surface area contributed by atoms with Gasteiger partial charge in [0, 0.05) is 23.4 Å². The Labute approximate surface area is 165 Å². The maximum atomic E-state index is 12.9. The van der Waals surface area contributed by atoms with Crippen LogP contribution in [0.3, 0.4) is 0 Å². The Bertz CT molecular complexity index is 1010. The van der Waals surface area contributed by atoms with Crippen molar-refractivity contribution in [1.29, 1.82) is 0 Å². The van der Waals surface area contributed by atoms with Crippen molar-refractivity contribution >= 4 is 11.6 Å². The Hall–Kier alpha value is -3.36. The topological polar surface area (TPSA) is 80.0 Å². The van der Waals surface area contributed by atoms with Gasteiger partial charge in [-0.15, -0.1) is 0 Å². The molecule has 0 saturated heterocycles. The molecule has 1 heterocycles. The molecule has 0 fully saturated rings. The molecular formula is C20H19F3N4O2. The van der Waals surface area contributed by atoms with Crippen molar-refractivity contribution < 1.29 is 22.5 Å². The molecule has 0 aliphatic carbocycles. The molecule has 2 N–H and O–H groups in total. The number of nitrogens with zero attached hydrogens (tertiary/aromatic N) is 2. The average Bonchev–Trinajstić information content (AvgIpc) is 3.16. The highest BCUT2D eigenvalue weighted by Crippen LogP contribution is 2.31. The van der Waals surface area contributed by atoms with E-state index in [1.165, 1.54) is 12.1 Å². The molecule has 2 aromatic carbocycles. The molecule has 3 aromatic rings. The Morgan fingerprint density at radius 3 is 2.69 bits per heavy atom. The molecule has 0 bridgehead atoms. The van der Waals surface area contributed by atoms with Crippen LogP contribution in [0.4, 0.5) is 18.9 Å². The van der Waals surface area contributed by atoms with Crippen molar-refractivity contribution in [3.63, 3.8) is 0 Å². The van der Waals surface area contributed by atoms with Crippen molar-refractivity contribution in [3.8, 4) is 11.4 Å². The molecule has 0 spiro atoms. The van der Waals surface area contributed by atoms with E-state index in [0.717, 1.165) is 17.7 Å². The molecule has 0 aliphatic heterocycles. The quantitative estimate of drug-likeness (QED) is 0.636. The van der Waals surface area contributed by atoms with Crippen LogP contribution < -0.4 is 10.6 Å². The van der Waals surface area contributed by atoms with Gasteiger partial charge in [0.15, 0.2) is 0 Å². The number of aromatic nitrogens is 2. The molecule has 0 atom stereocenters. The van der Waals surface area contributed by atoms with Crippen molar-refractivity contribution in [2.24, 2.45) is 0 Å². The van der Waals surface area contributed by atoms with Gasteiger partial charge in [0.25, 0.3) is 5.91 Å². The Morgan fingerprint density at radius 2 is 1.97 bits per heavy atom. The fourth-order valence-electron chi connectivity index (χ4n) is 2.67. The lowest BCUT2D eigenvalue weighted by Gasteiger charge is -2.10. The highest BCUT2D eigenvalue weighted by Gasteiger charge is 2.30. The minimum absolute atomic E-state index is 0.0701. The summed E-state index contributed by atoms with van der Waals surface area (Å²) in [6, 6.07) is 9.99. The van der Waals surface area contributed by atoms with Crippen LogP contribution in [0.5, 0.6) is 0 Å². The monoisotopic (exact) mass is 404 g/mol. The second-order valence-electron chi connectivity index (χ2n) is 6.33. The molecule has 0 radical (unpaired) electrons. The van der Waals surface area contributed by atoms with Gasteiger partial charge in [-0.1, -0.05) is 23.4 Å². The number of hydrogen-bond acceptors (Lipinski definition) is 5. The van der Waals surface area contributed by atoms with Gasteiger partial charge in [-0.2, -0.15) is 18.2 Å². The van der Waals surface area contributed by atoms with Crippen LogP contribution in [0, 0.1) is 6.92 Å². The largest absolute Gasteiger partial charge is 0.416 e. The minimum Gasteiger partial charge on any atom is -0.376 e. The summed E-state index contributed by atoms with van der Waals surface area (Å²) in [6.45, 7) is 4.40. The van der Waals surface area contributed by atoms with Gasteiger partial charge in [0.1, 0.15) is 0 Å². The third-order valence-corrected chi connectivity index (χ3v) is 4.18. The summed E-state index contributed by atoms with van der Waals surface area (Å²) < 4.78 is 43.7. The number of anilines is 1. The van der Waals surface area contributed by atoms with Crippen LogP contribution in [-0.2, 0) is 12.7 Å². The van der Waals surface area contributed by atoms with Crippen molar-refractivity contribution in [2.75, 3.05) is 11.9 Å². The van der Waals surface area contributed by atoms with Gasteiger partial charge in [-0.3, -0.25) is 4.79 Å². The lowest BCUT2D eigenvalue weighted by Crippen LogP contribution is -2.22. The summed E-state index contributed by atoms with van der Waals surface area (Å²) in [4.78, 5) is 16.1. The van der Waals surface area contributed by atoms with E-state index in [1.807, 2.05) is 19.9 Å². The van der Waals surface area contributed by atoms with Gasteiger partial charge in [-0.05, 0) is 43.7 Å². The van der Waals surface area contributed by atoms with Crippen LogP contribution in [0.25, 0.3) is 11.4 Å². The fraction of sp³-hybridized carbons (Fsp3) is 0.250. The van der Waals surface area contributed by atoms with Gasteiger partial charge >= 0.3 is 6.18 Å². The number of carbonyl (C=O) groups is 1. The standard InChI is InChI=1S/C20H19F3N4O2/c1-3-24-19(28)14-8-7-12(2)16(10-14)25-11-17-26-18(27-29-17)13-5-4-6-15(9-13)20(21,22)23/h4-10,25H,3,11H2,1-2H3,(H,24,28). The molecular weight excluding hydrogens is 385 g/mol. The maximum Gasteiger partial charge on any atom is 0.416 e. The van der Waals surface area contributed by atoms with Crippen LogP contribution in [0.15, 0.2) is 47.0 Å². The third kappa shape index (κ3) is 4.92. The zero-order valence-corrected chi connectivity index (χ0v) is 15.8. The number of hydrogen-bond donors (Lipinski definition) is 2. The normalized spacial score (nSPS) is 11.3. The van der Waals surface area contributed by atoms with E-state index in [4.69, 9.17) is 4.52 Å². The van der Waals surface area contributed by atoms with E-state index in [2.05, 4.69) is 20.8 Å². The minimum atomic E-state index is -4.45. The first-order valence-corrected chi connectivity index (χ1v) is 8.91. The van der Waals surface area contributed by atoms with Crippen LogP contribution >= 0.6 is 0 Å². The molecule has 1 amide bonds. The van der Waals surface area contributed by atoms with E-state index in [9.17, 15) is 18.0 Å². The first-order chi connectivity index (χ1) is 13.8. The number of benzene rings is 2. The maximum absolute atomic E-state index is 12.9. The van der Waals surface area contributed by atoms with Gasteiger partial charge in [0.2, 0.25) is 11.7 Å². The van der Waals surface area contributed by atoms with Crippen molar-refractivity contribution in [1.82, 2.24) is 15.5 Å². The van der Waals surface area contributed by atoms with E-state index in [-0.39, 0.29) is 29.7 Å². The summed E-state index contributed by atoms with van der Waals surface area (Å²) >= 11 is 0. The Balaban J connectivity index is 1.73. The van der Waals surface area contributed by atoms with Gasteiger partial charge in [0.05, 0.1) is 12.1 Å². The highest BCUT2D eigenvalue weighted by atomic mass is 19.4. The molecule has 0 aliphatic rings. The lowest BCUT2D eigenvalue weighted by molar-refractivity contribution is -0.137. The number of amides is 1. The number of aryl methyl sites for hydroxylation is 1. The van der Waals surface area contributed by atoms with Gasteiger partial charge in [-0.25, -0.2) is 0 Å². The number of nitrogens with one attached hydrogen (secondary N) is 2. The molecule has 29 heavy (non-hydrogen) atoms. The van der Waals surface area contributed by atoms with E-state index >= 15 is 0 Å². The highest BCUT2D eigenvalue weighted by molar-refractivity contribution is 5.95. The summed E-state index contributed by atoms with van der Waals surface area (Å²) in [5.74, 6) is 0.0982. The Morgan fingerprint density at radius 1 is 1.17 bits per heavy atom. The molecule has 0 unspecified atom stereocenters. The van der Waals surface area contributed by atoms with Crippen LogP contribution in [0.2, 0.25) is 0 Å². The summed E-state index contributed by atoms with van der Waals surface area (Å²) in [6.07, 6.45) is -4.45. The second-order valence-corrected chi connectivity index (χ2v) is 6.33. The van der Waals surface area contributed by atoms with E-state index in [0.29, 0.717) is 17.8 Å². The molecule has 1 aromatic heterocycles. The first-order valence-electron chi connectivity index (χ1n) is 8.91. The molecule has 3 rings (SSSR count). The van der Waals surface area contributed by atoms with Crippen LogP contribution in [-0.4, -0.2) is 22.6 Å². The Kier molecular flexibility index (Phi) is 5.86. The summed E-state index contributed by atoms with van der Waals surface area (Å²) in [5, 5.41) is 9.60. The number of alkyl halides is 3. The molecule has 152 valence electrons. The smallest absolute Gasteiger partial charge is 0.376 e. The van der Waals surface area contributed by atoms with Crippen molar-refractivity contribution in [2.45, 2.75) is 26.6 Å². The first kappa shape index (κ1) is 20.4. The lowest BCUT2D eigenvalue weighted by atomic mass is 10.1. The fourth-order valence-corrected chi connectivity index (χ4v) is 2.67. The van der Waals surface area contributed by atoms with Gasteiger partial charge < -0.3 is 15.2 Å². The van der Waals surface area contributed by atoms with E-state index < -0.39 is 11.7 Å². The summed E-state index contributed by atoms with van der Waals surface area (Å²) in [5.41, 5.74) is 1.57. The van der Waals surface area contributed by atoms with Crippen molar-refractivity contribution in [3.05, 3.63) is 65.0 Å². The predicted octanol–water partition coefficient (Wildman–Crippen LogP) is 4.43. The molecule has 6 nitrogen and oxygen atoms in total. The van der Waals surface area contributed by atoms with Crippen LogP contribution in [0.1, 0.15) is 34.3 Å². The van der Waals surface area contributed by atoms with E-state index in [1.54, 1.807) is 12.1 Å². The number of halogens is 3. The number of rotatable bonds is 6.